The summed E-state index contributed by atoms with van der Waals surface area (Å²) in [7, 11) is 0. The van der Waals surface area contributed by atoms with E-state index in [1.807, 2.05) is 90.1 Å². The number of nitrogens with one attached hydrogen (secondary N) is 2. The van der Waals surface area contributed by atoms with Gasteiger partial charge in [0.05, 0.1) is 0 Å². The third-order valence-corrected chi connectivity index (χ3v) is 6.41. The smallest absolute Gasteiger partial charge is 0.408 e. The second-order valence-corrected chi connectivity index (χ2v) is 11.9. The van der Waals surface area contributed by atoms with Crippen molar-refractivity contribution >= 4 is 17.9 Å². The summed E-state index contributed by atoms with van der Waals surface area (Å²) in [6.45, 7) is 17.6. The quantitative estimate of drug-likeness (QED) is 0.356. The molecule has 7 nitrogen and oxygen atoms in total. The van der Waals surface area contributed by atoms with E-state index in [1.54, 1.807) is 25.7 Å². The maximum Gasteiger partial charge on any atom is 0.408 e. The summed E-state index contributed by atoms with van der Waals surface area (Å²) in [5.74, 6) is -0.444. The molecule has 0 aliphatic carbocycles. The number of hydrogen-bond donors (Lipinski definition) is 2. The molecule has 2 aromatic carbocycles. The van der Waals surface area contributed by atoms with E-state index in [1.165, 1.54) is 0 Å². The van der Waals surface area contributed by atoms with Crippen molar-refractivity contribution in [2.45, 2.75) is 105 Å². The van der Waals surface area contributed by atoms with Gasteiger partial charge in [0.2, 0.25) is 11.8 Å². The van der Waals surface area contributed by atoms with Crippen molar-refractivity contribution in [1.29, 1.82) is 0 Å². The summed E-state index contributed by atoms with van der Waals surface area (Å²) in [4.78, 5) is 42.7. The zero-order chi connectivity index (χ0) is 29.3. The number of rotatable bonds is 11. The van der Waals surface area contributed by atoms with Crippen LogP contribution < -0.4 is 10.6 Å². The van der Waals surface area contributed by atoms with Gasteiger partial charge in [0, 0.05) is 12.6 Å². The van der Waals surface area contributed by atoms with E-state index in [-0.39, 0.29) is 23.8 Å². The highest BCUT2D eigenvalue weighted by molar-refractivity contribution is 5.92. The highest BCUT2D eigenvalue weighted by Gasteiger charge is 2.38. The molecule has 0 aliphatic heterocycles. The number of hydrogen-bond acceptors (Lipinski definition) is 4. The van der Waals surface area contributed by atoms with Crippen LogP contribution in [0.3, 0.4) is 0 Å². The zero-order valence-electron chi connectivity index (χ0n) is 25.1. The van der Waals surface area contributed by atoms with Gasteiger partial charge in [-0.2, -0.15) is 0 Å². The van der Waals surface area contributed by atoms with Crippen LogP contribution in [0.4, 0.5) is 4.79 Å². The van der Waals surface area contributed by atoms with Crippen LogP contribution in [0.25, 0.3) is 0 Å². The van der Waals surface area contributed by atoms with Crippen LogP contribution in [0.1, 0.15) is 89.6 Å². The molecule has 214 valence electrons. The molecule has 0 spiro atoms. The molecule has 0 aliphatic rings. The minimum absolute atomic E-state index is 0.124. The van der Waals surface area contributed by atoms with Gasteiger partial charge in [0.15, 0.2) is 0 Å². The van der Waals surface area contributed by atoms with Crippen LogP contribution in [0, 0.1) is 19.8 Å². The van der Waals surface area contributed by atoms with Crippen molar-refractivity contribution in [2.75, 3.05) is 0 Å². The van der Waals surface area contributed by atoms with E-state index in [0.29, 0.717) is 19.4 Å². The third kappa shape index (κ3) is 10.0. The van der Waals surface area contributed by atoms with E-state index < -0.39 is 23.8 Å². The van der Waals surface area contributed by atoms with Gasteiger partial charge in [0.25, 0.3) is 0 Å². The minimum Gasteiger partial charge on any atom is -0.444 e. The molecule has 3 amide bonds. The fourth-order valence-electron chi connectivity index (χ4n) is 4.61. The fourth-order valence-corrected chi connectivity index (χ4v) is 4.61. The molecule has 39 heavy (non-hydrogen) atoms. The minimum atomic E-state index is -0.870. The first-order valence-electron chi connectivity index (χ1n) is 13.9. The van der Waals surface area contributed by atoms with Crippen LogP contribution in [0.15, 0.2) is 48.5 Å². The van der Waals surface area contributed by atoms with E-state index >= 15 is 0 Å². The number of benzene rings is 2. The van der Waals surface area contributed by atoms with Gasteiger partial charge >= 0.3 is 6.09 Å². The maximum absolute atomic E-state index is 14.3. The lowest BCUT2D eigenvalue weighted by Crippen LogP contribution is -2.55. The molecule has 0 radical (unpaired) electrons. The van der Waals surface area contributed by atoms with Crippen molar-refractivity contribution < 1.29 is 19.1 Å². The number of amides is 3. The van der Waals surface area contributed by atoms with Crippen LogP contribution in [0.2, 0.25) is 0 Å². The van der Waals surface area contributed by atoms with Crippen LogP contribution in [-0.4, -0.2) is 40.5 Å². The number of carbonyl (C=O) groups is 3. The Kier molecular flexibility index (Phi) is 11.6. The highest BCUT2D eigenvalue weighted by Crippen LogP contribution is 2.29. The van der Waals surface area contributed by atoms with Gasteiger partial charge in [0.1, 0.15) is 17.7 Å². The molecule has 2 N–H and O–H groups in total. The Morgan fingerprint density at radius 3 is 2.05 bits per heavy atom. The Morgan fingerprint density at radius 1 is 0.949 bits per heavy atom. The molecule has 0 fully saturated rings. The molecule has 2 rings (SSSR count). The van der Waals surface area contributed by atoms with Crippen molar-refractivity contribution in [3.05, 3.63) is 70.8 Å². The van der Waals surface area contributed by atoms with Gasteiger partial charge in [-0.1, -0.05) is 80.4 Å². The summed E-state index contributed by atoms with van der Waals surface area (Å²) in [5, 5.41) is 5.86. The zero-order valence-corrected chi connectivity index (χ0v) is 25.1. The molecule has 0 heterocycles. The van der Waals surface area contributed by atoms with E-state index in [2.05, 4.69) is 10.6 Å². The number of ether oxygens (including phenoxy) is 1. The molecular formula is C32H47N3O4. The molecule has 3 unspecified atom stereocenters. The summed E-state index contributed by atoms with van der Waals surface area (Å²) in [6.07, 6.45) is 0.401. The predicted octanol–water partition coefficient (Wildman–Crippen LogP) is 6.23. The predicted molar refractivity (Wildman–Crippen MR) is 156 cm³/mol. The molecule has 0 bridgehead atoms. The second kappa shape index (κ2) is 14.2. The number of carbonyl (C=O) groups excluding carboxylic acids is 3. The lowest BCUT2D eigenvalue weighted by Gasteiger charge is -2.38. The summed E-state index contributed by atoms with van der Waals surface area (Å²) in [5.41, 5.74) is 3.02. The Labute approximate surface area is 234 Å². The monoisotopic (exact) mass is 537 g/mol. The van der Waals surface area contributed by atoms with E-state index in [4.69, 9.17) is 4.74 Å². The van der Waals surface area contributed by atoms with E-state index in [9.17, 15) is 14.4 Å². The number of alkyl carbamates (subject to hydrolysis) is 1. The van der Waals surface area contributed by atoms with Crippen LogP contribution in [-0.2, 0) is 20.9 Å². The lowest BCUT2D eigenvalue weighted by molar-refractivity contribution is -0.145. The molecule has 3 atom stereocenters. The Morgan fingerprint density at radius 2 is 1.54 bits per heavy atom. The molecule has 2 aromatic rings. The first kappa shape index (κ1) is 31.9. The maximum atomic E-state index is 14.3. The number of aryl methyl sites for hydroxylation is 2. The molecule has 0 saturated carbocycles. The largest absolute Gasteiger partial charge is 0.444 e. The topological polar surface area (TPSA) is 87.7 Å². The average molecular weight is 538 g/mol. The standard InChI is InChI=1S/C32H47N3O4/c1-10-24(6)35(30(37)27(16-21(2)3)34-31(38)39-32(7,8)9)28(26-18-22(4)17-23(5)19-26)29(36)33-20-25-14-12-11-13-15-25/h11-15,17-19,21,24,27-28H,10,16,20H2,1-9H3,(H,33,36)(H,34,38). The van der Waals surface area contributed by atoms with E-state index in [0.717, 1.165) is 22.3 Å². The Balaban J connectivity index is 2.54. The Hall–Kier alpha value is -3.35. The van der Waals surface area contributed by atoms with Crippen molar-refractivity contribution in [3.8, 4) is 0 Å². The van der Waals surface area contributed by atoms with Crippen molar-refractivity contribution in [3.63, 3.8) is 0 Å². The SMILES string of the molecule is CCC(C)N(C(=O)C(CC(C)C)NC(=O)OC(C)(C)C)C(C(=O)NCc1ccccc1)c1cc(C)cc(C)c1. The van der Waals surface area contributed by atoms with Crippen LogP contribution in [0.5, 0.6) is 0 Å². The molecular weight excluding hydrogens is 490 g/mol. The van der Waals surface area contributed by atoms with Gasteiger partial charge in [-0.05, 0) is 71.4 Å². The highest BCUT2D eigenvalue weighted by atomic mass is 16.6. The van der Waals surface area contributed by atoms with Gasteiger partial charge in [-0.25, -0.2) is 4.79 Å². The second-order valence-electron chi connectivity index (χ2n) is 11.9. The summed E-state index contributed by atoms with van der Waals surface area (Å²) >= 11 is 0. The first-order chi connectivity index (χ1) is 18.2. The first-order valence-corrected chi connectivity index (χ1v) is 13.9. The lowest BCUT2D eigenvalue weighted by atomic mass is 9.95. The summed E-state index contributed by atoms with van der Waals surface area (Å²) in [6, 6.07) is 13.7. The normalized spacial score (nSPS) is 13.8. The van der Waals surface area contributed by atoms with Crippen molar-refractivity contribution in [1.82, 2.24) is 15.5 Å². The molecule has 0 saturated heterocycles. The van der Waals surface area contributed by atoms with Crippen LogP contribution >= 0.6 is 0 Å². The fraction of sp³-hybridized carbons (Fsp3) is 0.531. The van der Waals surface area contributed by atoms with Gasteiger partial charge in [-0.15, -0.1) is 0 Å². The van der Waals surface area contributed by atoms with Gasteiger partial charge < -0.3 is 20.3 Å². The van der Waals surface area contributed by atoms with Gasteiger partial charge in [-0.3, -0.25) is 9.59 Å². The number of nitrogens with zero attached hydrogens (tertiary/aromatic N) is 1. The summed E-state index contributed by atoms with van der Waals surface area (Å²) < 4.78 is 5.48. The molecule has 7 heteroatoms. The average Bonchev–Trinajstić information content (AvgIpc) is 2.83. The Bertz CT molecular complexity index is 1090. The molecule has 0 aromatic heterocycles. The third-order valence-electron chi connectivity index (χ3n) is 6.41. The van der Waals surface area contributed by atoms with Crippen molar-refractivity contribution in [2.24, 2.45) is 5.92 Å².